The summed E-state index contributed by atoms with van der Waals surface area (Å²) in [6, 6.07) is -2.69. The summed E-state index contributed by atoms with van der Waals surface area (Å²) in [6.07, 6.45) is 0.653. The number of hydrogen-bond donors (Lipinski definition) is 3. The number of hydrogen-bond acceptors (Lipinski definition) is 5. The Labute approximate surface area is 121 Å². The number of carbonyl (C=O) groups excluding carboxylic acids is 3. The smallest absolute Gasteiger partial charge is 0.326 e. The van der Waals surface area contributed by atoms with Crippen molar-refractivity contribution in [1.29, 1.82) is 0 Å². The van der Waals surface area contributed by atoms with E-state index in [-0.39, 0.29) is 13.0 Å². The van der Waals surface area contributed by atoms with Gasteiger partial charge in [0.05, 0.1) is 0 Å². The van der Waals surface area contributed by atoms with Gasteiger partial charge in [-0.1, -0.05) is 0 Å². The van der Waals surface area contributed by atoms with Crippen LogP contribution in [0.15, 0.2) is 0 Å². The number of amides is 4. The van der Waals surface area contributed by atoms with Crippen LogP contribution in [-0.4, -0.2) is 66.2 Å². The highest BCUT2D eigenvalue weighted by molar-refractivity contribution is 6.04. The van der Waals surface area contributed by atoms with E-state index in [0.717, 1.165) is 4.90 Å². The molecule has 118 valence electrons. The summed E-state index contributed by atoms with van der Waals surface area (Å²) >= 11 is 0. The molecule has 0 aromatic carbocycles. The monoisotopic (exact) mass is 301 g/mol. The topological polar surface area (TPSA) is 125 Å². The van der Waals surface area contributed by atoms with Gasteiger partial charge >= 0.3 is 12.0 Å². The van der Waals surface area contributed by atoms with E-state index in [1.807, 2.05) is 0 Å². The predicted octanol–water partition coefficient (Wildman–Crippen LogP) is -1.08. The first-order chi connectivity index (χ1) is 9.86. The third-order valence-corrected chi connectivity index (χ3v) is 3.12. The van der Waals surface area contributed by atoms with Crippen LogP contribution in [-0.2, 0) is 19.1 Å². The molecule has 2 unspecified atom stereocenters. The molecule has 1 rings (SSSR count). The number of methoxy groups -OCH3 is 1. The highest BCUT2D eigenvalue weighted by Gasteiger charge is 2.35. The van der Waals surface area contributed by atoms with Crippen LogP contribution in [0.4, 0.5) is 4.79 Å². The fourth-order valence-electron chi connectivity index (χ4n) is 1.88. The second kappa shape index (κ2) is 7.58. The number of carboxylic acid groups (broad SMARTS) is 1. The number of urea groups is 1. The first-order valence-corrected chi connectivity index (χ1v) is 6.49. The van der Waals surface area contributed by atoms with Crippen LogP contribution in [0.2, 0.25) is 0 Å². The van der Waals surface area contributed by atoms with Gasteiger partial charge in [0.15, 0.2) is 0 Å². The summed E-state index contributed by atoms with van der Waals surface area (Å²) in [5, 5.41) is 13.5. The van der Waals surface area contributed by atoms with Crippen LogP contribution < -0.4 is 10.6 Å². The van der Waals surface area contributed by atoms with Crippen LogP contribution in [0.3, 0.4) is 0 Å². The van der Waals surface area contributed by atoms with Crippen molar-refractivity contribution < 1.29 is 29.0 Å². The number of carbonyl (C=O) groups is 4. The molecule has 1 heterocycles. The van der Waals surface area contributed by atoms with Gasteiger partial charge < -0.3 is 20.1 Å². The van der Waals surface area contributed by atoms with Gasteiger partial charge in [-0.15, -0.1) is 0 Å². The average molecular weight is 301 g/mol. The zero-order chi connectivity index (χ0) is 16.0. The molecule has 2 atom stereocenters. The Hall–Kier alpha value is -2.16. The van der Waals surface area contributed by atoms with Gasteiger partial charge in [0, 0.05) is 13.7 Å². The van der Waals surface area contributed by atoms with E-state index in [1.54, 1.807) is 0 Å². The van der Waals surface area contributed by atoms with Gasteiger partial charge in [-0.25, -0.2) is 9.59 Å². The van der Waals surface area contributed by atoms with Crippen LogP contribution in [0.5, 0.6) is 0 Å². The molecule has 0 aromatic heterocycles. The van der Waals surface area contributed by atoms with E-state index in [1.165, 1.54) is 14.0 Å². The van der Waals surface area contributed by atoms with E-state index in [0.29, 0.717) is 13.0 Å². The quantitative estimate of drug-likeness (QED) is 0.423. The molecule has 3 N–H and O–H groups in total. The fourth-order valence-corrected chi connectivity index (χ4v) is 1.88. The van der Waals surface area contributed by atoms with Crippen LogP contribution in [0.25, 0.3) is 0 Å². The van der Waals surface area contributed by atoms with Crippen LogP contribution in [0, 0.1) is 0 Å². The molecule has 0 aromatic rings. The first-order valence-electron chi connectivity index (χ1n) is 6.49. The Morgan fingerprint density at radius 1 is 1.52 bits per heavy atom. The zero-order valence-electron chi connectivity index (χ0n) is 11.9. The summed E-state index contributed by atoms with van der Waals surface area (Å²) in [5.74, 6) is -2.37. The van der Waals surface area contributed by atoms with E-state index < -0.39 is 35.9 Å². The molecule has 4 amide bonds. The Morgan fingerprint density at radius 3 is 2.76 bits per heavy atom. The maximum atomic E-state index is 12.0. The number of carboxylic acids is 1. The van der Waals surface area contributed by atoms with Gasteiger partial charge in [-0.2, -0.15) is 0 Å². The lowest BCUT2D eigenvalue weighted by atomic mass is 10.1. The van der Waals surface area contributed by atoms with Crippen LogP contribution in [0.1, 0.15) is 19.8 Å². The second-order valence-corrected chi connectivity index (χ2v) is 4.69. The third-order valence-electron chi connectivity index (χ3n) is 3.12. The highest BCUT2D eigenvalue weighted by Crippen LogP contribution is 2.07. The fraction of sp³-hybridized carbons (Fsp3) is 0.667. The van der Waals surface area contributed by atoms with Crippen molar-refractivity contribution >= 4 is 23.8 Å². The Morgan fingerprint density at radius 2 is 2.19 bits per heavy atom. The first kappa shape index (κ1) is 16.9. The van der Waals surface area contributed by atoms with Crippen molar-refractivity contribution in [2.24, 2.45) is 0 Å². The zero-order valence-corrected chi connectivity index (χ0v) is 11.9. The van der Waals surface area contributed by atoms with E-state index >= 15 is 0 Å². The van der Waals surface area contributed by atoms with E-state index in [2.05, 4.69) is 10.6 Å². The van der Waals surface area contributed by atoms with Crippen molar-refractivity contribution in [2.45, 2.75) is 31.8 Å². The lowest BCUT2D eigenvalue weighted by Crippen LogP contribution is -2.61. The summed E-state index contributed by atoms with van der Waals surface area (Å²) in [4.78, 5) is 46.9. The SMILES string of the molecule is COCCCC(NC(=O)N1CC(=O)NC(=O)C1C)C(=O)O. The normalized spacial score (nSPS) is 19.9. The molecule has 0 aliphatic carbocycles. The van der Waals surface area contributed by atoms with Crippen molar-refractivity contribution in [3.8, 4) is 0 Å². The number of ether oxygens (including phenoxy) is 1. The minimum Gasteiger partial charge on any atom is -0.480 e. The largest absolute Gasteiger partial charge is 0.480 e. The number of rotatable bonds is 6. The standard InChI is InChI=1S/C12H19N3O6/c1-7-10(17)14-9(16)6-15(7)12(20)13-8(11(18)19)4-3-5-21-2/h7-8H,3-6H2,1-2H3,(H,13,20)(H,18,19)(H,14,16,17). The minimum atomic E-state index is -1.18. The van der Waals surface area contributed by atoms with Crippen LogP contribution >= 0.6 is 0 Å². The molecular weight excluding hydrogens is 282 g/mol. The van der Waals surface area contributed by atoms with Gasteiger partial charge in [-0.05, 0) is 19.8 Å². The van der Waals surface area contributed by atoms with Gasteiger partial charge in [0.2, 0.25) is 11.8 Å². The molecule has 9 nitrogen and oxygen atoms in total. The van der Waals surface area contributed by atoms with Crippen molar-refractivity contribution in [3.63, 3.8) is 0 Å². The Bertz CT molecular complexity index is 439. The third kappa shape index (κ3) is 4.71. The predicted molar refractivity (Wildman–Crippen MR) is 70.4 cm³/mol. The number of aliphatic carboxylic acids is 1. The molecule has 9 heteroatoms. The lowest BCUT2D eigenvalue weighted by Gasteiger charge is -2.32. The molecule has 1 saturated heterocycles. The molecule has 1 aliphatic rings. The summed E-state index contributed by atoms with van der Waals surface area (Å²) < 4.78 is 4.82. The molecule has 0 bridgehead atoms. The molecular formula is C12H19N3O6. The van der Waals surface area contributed by atoms with Crippen molar-refractivity contribution in [1.82, 2.24) is 15.5 Å². The molecule has 1 aliphatic heterocycles. The average Bonchev–Trinajstić information content (AvgIpc) is 2.41. The second-order valence-electron chi connectivity index (χ2n) is 4.69. The maximum absolute atomic E-state index is 12.0. The summed E-state index contributed by atoms with van der Waals surface area (Å²) in [7, 11) is 1.49. The summed E-state index contributed by atoms with van der Waals surface area (Å²) in [5.41, 5.74) is 0. The molecule has 0 radical (unpaired) electrons. The number of nitrogens with one attached hydrogen (secondary N) is 2. The molecule has 0 spiro atoms. The van der Waals surface area contributed by atoms with Gasteiger partial charge in [-0.3, -0.25) is 14.9 Å². The summed E-state index contributed by atoms with van der Waals surface area (Å²) in [6.45, 7) is 1.55. The van der Waals surface area contributed by atoms with E-state index in [4.69, 9.17) is 9.84 Å². The highest BCUT2D eigenvalue weighted by atomic mass is 16.5. The number of piperazine rings is 1. The van der Waals surface area contributed by atoms with Crippen molar-refractivity contribution in [2.75, 3.05) is 20.3 Å². The molecule has 0 saturated carbocycles. The molecule has 1 fully saturated rings. The van der Waals surface area contributed by atoms with Gasteiger partial charge in [0.25, 0.3) is 0 Å². The minimum absolute atomic E-state index is 0.192. The number of imide groups is 1. The Balaban J connectivity index is 2.65. The van der Waals surface area contributed by atoms with Crippen molar-refractivity contribution in [3.05, 3.63) is 0 Å². The van der Waals surface area contributed by atoms with Gasteiger partial charge in [0.1, 0.15) is 18.6 Å². The molecule has 21 heavy (non-hydrogen) atoms. The Kier molecular flexibility index (Phi) is 6.10. The van der Waals surface area contributed by atoms with E-state index in [9.17, 15) is 19.2 Å². The maximum Gasteiger partial charge on any atom is 0.326 e. The lowest BCUT2D eigenvalue weighted by molar-refractivity contribution is -0.139. The number of nitrogens with zero attached hydrogens (tertiary/aromatic N) is 1.